The van der Waals surface area contributed by atoms with Crippen LogP contribution in [0.4, 0.5) is 0 Å². The topological polar surface area (TPSA) is 70.2 Å². The molecule has 6 heteroatoms. The van der Waals surface area contributed by atoms with Gasteiger partial charge in [0.25, 0.3) is 0 Å². The first-order valence-electron chi connectivity index (χ1n) is 4.84. The molecule has 0 radical (unpaired) electrons. The zero-order chi connectivity index (χ0) is 10.6. The number of likely N-dealkylation sites (N-methyl/N-ethyl adjacent to an activating group) is 1. The Labute approximate surface area is 95.8 Å². The zero-order valence-electron chi connectivity index (χ0n) is 9.00. The van der Waals surface area contributed by atoms with Crippen LogP contribution in [0.25, 0.3) is 0 Å². The molecule has 5 nitrogen and oxygen atoms in total. The van der Waals surface area contributed by atoms with Crippen LogP contribution in [0, 0.1) is 11.8 Å². The molecular formula is C9H18ClN3O2. The van der Waals surface area contributed by atoms with Crippen molar-refractivity contribution in [2.75, 3.05) is 26.7 Å². The molecular weight excluding hydrogens is 218 g/mol. The lowest BCUT2D eigenvalue weighted by molar-refractivity contribution is -0.128. The first kappa shape index (κ1) is 14.2. The number of hydrogen-bond acceptors (Lipinski definition) is 3. The molecule has 1 heterocycles. The summed E-state index contributed by atoms with van der Waals surface area (Å²) in [6.07, 6.45) is 0. The third kappa shape index (κ3) is 4.05. The van der Waals surface area contributed by atoms with Crippen molar-refractivity contribution in [3.63, 3.8) is 0 Å². The van der Waals surface area contributed by atoms with Gasteiger partial charge in [0.15, 0.2) is 0 Å². The van der Waals surface area contributed by atoms with Crippen molar-refractivity contribution in [1.29, 1.82) is 0 Å². The number of nitrogens with one attached hydrogen (secondary N) is 3. The van der Waals surface area contributed by atoms with Gasteiger partial charge in [0.1, 0.15) is 0 Å². The first-order chi connectivity index (χ1) is 6.65. The molecule has 1 saturated heterocycles. The molecule has 0 saturated carbocycles. The first-order valence-corrected chi connectivity index (χ1v) is 4.84. The second kappa shape index (κ2) is 6.63. The molecule has 0 spiro atoms. The smallest absolute Gasteiger partial charge is 0.239 e. The molecule has 15 heavy (non-hydrogen) atoms. The summed E-state index contributed by atoms with van der Waals surface area (Å²) < 4.78 is 0. The minimum atomic E-state index is -0.169. The van der Waals surface area contributed by atoms with Crippen LogP contribution < -0.4 is 16.0 Å². The van der Waals surface area contributed by atoms with Gasteiger partial charge in [0.05, 0.1) is 12.5 Å². The minimum absolute atomic E-state index is 0. The summed E-state index contributed by atoms with van der Waals surface area (Å²) in [5.41, 5.74) is 0. The van der Waals surface area contributed by atoms with Crippen molar-refractivity contribution in [2.24, 2.45) is 11.8 Å². The predicted molar refractivity (Wildman–Crippen MR) is 59.8 cm³/mol. The van der Waals surface area contributed by atoms with E-state index in [1.54, 1.807) is 7.05 Å². The number of amides is 2. The Morgan fingerprint density at radius 1 is 1.40 bits per heavy atom. The third-order valence-electron chi connectivity index (χ3n) is 2.56. The van der Waals surface area contributed by atoms with E-state index in [1.807, 2.05) is 6.92 Å². The van der Waals surface area contributed by atoms with E-state index in [4.69, 9.17) is 0 Å². The lowest BCUT2D eigenvalue weighted by Gasteiger charge is -2.13. The summed E-state index contributed by atoms with van der Waals surface area (Å²) in [7, 11) is 1.55. The van der Waals surface area contributed by atoms with Gasteiger partial charge in [-0.1, -0.05) is 6.92 Å². The molecule has 2 atom stereocenters. The highest BCUT2D eigenvalue weighted by molar-refractivity contribution is 5.86. The third-order valence-corrected chi connectivity index (χ3v) is 2.56. The van der Waals surface area contributed by atoms with E-state index < -0.39 is 0 Å². The largest absolute Gasteiger partial charge is 0.358 e. The Bertz CT molecular complexity index is 235. The standard InChI is InChI=1S/C9H17N3O2.ClH/c1-6-3-11-4-7(6)9(14)12-5-8(13)10-2;/h6-7,11H,3-5H2,1-2H3,(H,10,13)(H,12,14);1H/t6-,7-;/m1./s1. The average molecular weight is 236 g/mol. The molecule has 0 aliphatic carbocycles. The maximum atomic E-state index is 11.5. The number of rotatable bonds is 3. The van der Waals surface area contributed by atoms with Crippen molar-refractivity contribution < 1.29 is 9.59 Å². The molecule has 1 aliphatic heterocycles. The van der Waals surface area contributed by atoms with E-state index in [0.717, 1.165) is 6.54 Å². The van der Waals surface area contributed by atoms with Gasteiger partial charge in [0.2, 0.25) is 11.8 Å². The monoisotopic (exact) mass is 235 g/mol. The lowest BCUT2D eigenvalue weighted by atomic mass is 9.97. The van der Waals surface area contributed by atoms with Crippen molar-refractivity contribution in [2.45, 2.75) is 6.92 Å². The second-order valence-corrected chi connectivity index (χ2v) is 3.63. The molecule has 0 unspecified atom stereocenters. The fraction of sp³-hybridized carbons (Fsp3) is 0.778. The fourth-order valence-electron chi connectivity index (χ4n) is 1.55. The van der Waals surface area contributed by atoms with E-state index in [2.05, 4.69) is 16.0 Å². The molecule has 0 aromatic carbocycles. The van der Waals surface area contributed by atoms with Gasteiger partial charge < -0.3 is 16.0 Å². The number of carbonyl (C=O) groups excluding carboxylic acids is 2. The summed E-state index contributed by atoms with van der Waals surface area (Å²) in [5.74, 6) is 0.141. The van der Waals surface area contributed by atoms with Gasteiger partial charge in [-0.05, 0) is 12.5 Å². The molecule has 1 rings (SSSR count). The minimum Gasteiger partial charge on any atom is -0.358 e. The molecule has 1 fully saturated rings. The van der Waals surface area contributed by atoms with E-state index >= 15 is 0 Å². The number of hydrogen-bond donors (Lipinski definition) is 3. The Morgan fingerprint density at radius 2 is 2.07 bits per heavy atom. The molecule has 0 bridgehead atoms. The van der Waals surface area contributed by atoms with E-state index in [9.17, 15) is 9.59 Å². The highest BCUT2D eigenvalue weighted by Crippen LogP contribution is 2.15. The Hall–Kier alpha value is -0.810. The number of halogens is 1. The Morgan fingerprint density at radius 3 is 2.53 bits per heavy atom. The fourth-order valence-corrected chi connectivity index (χ4v) is 1.55. The summed E-state index contributed by atoms with van der Waals surface area (Å²) in [6.45, 7) is 3.68. The Balaban J connectivity index is 0.00000196. The molecule has 0 aromatic rings. The van der Waals surface area contributed by atoms with Gasteiger partial charge >= 0.3 is 0 Å². The van der Waals surface area contributed by atoms with Gasteiger partial charge in [0, 0.05) is 13.6 Å². The molecule has 2 amide bonds. The Kier molecular flexibility index (Phi) is 6.27. The predicted octanol–water partition coefficient (Wildman–Crippen LogP) is -0.874. The SMILES string of the molecule is CNC(=O)CNC(=O)[C@@H]1CNC[C@H]1C.Cl. The van der Waals surface area contributed by atoms with Gasteiger partial charge in [-0.25, -0.2) is 0 Å². The van der Waals surface area contributed by atoms with Crippen LogP contribution in [0.15, 0.2) is 0 Å². The molecule has 0 aromatic heterocycles. The van der Waals surface area contributed by atoms with Crippen LogP contribution >= 0.6 is 12.4 Å². The highest BCUT2D eigenvalue weighted by atomic mass is 35.5. The van der Waals surface area contributed by atoms with E-state index in [0.29, 0.717) is 12.5 Å². The van der Waals surface area contributed by atoms with Crippen molar-refractivity contribution in [1.82, 2.24) is 16.0 Å². The van der Waals surface area contributed by atoms with Gasteiger partial charge in [-0.15, -0.1) is 12.4 Å². The van der Waals surface area contributed by atoms with Crippen LogP contribution in [0.5, 0.6) is 0 Å². The highest BCUT2D eigenvalue weighted by Gasteiger charge is 2.29. The normalized spacial score (nSPS) is 24.1. The van der Waals surface area contributed by atoms with Gasteiger partial charge in [-0.2, -0.15) is 0 Å². The second-order valence-electron chi connectivity index (χ2n) is 3.63. The zero-order valence-corrected chi connectivity index (χ0v) is 9.82. The van der Waals surface area contributed by atoms with Crippen LogP contribution in [-0.2, 0) is 9.59 Å². The van der Waals surface area contributed by atoms with Crippen molar-refractivity contribution >= 4 is 24.2 Å². The summed E-state index contributed by atoms with van der Waals surface area (Å²) in [6, 6.07) is 0. The van der Waals surface area contributed by atoms with Crippen molar-refractivity contribution in [3.05, 3.63) is 0 Å². The molecule has 88 valence electrons. The van der Waals surface area contributed by atoms with Crippen LogP contribution in [0.3, 0.4) is 0 Å². The summed E-state index contributed by atoms with van der Waals surface area (Å²) in [5, 5.41) is 8.21. The van der Waals surface area contributed by atoms with Gasteiger partial charge in [-0.3, -0.25) is 9.59 Å². The number of carbonyl (C=O) groups is 2. The summed E-state index contributed by atoms with van der Waals surface area (Å²) >= 11 is 0. The van der Waals surface area contributed by atoms with E-state index in [-0.39, 0.29) is 36.7 Å². The maximum Gasteiger partial charge on any atom is 0.239 e. The average Bonchev–Trinajstić information content (AvgIpc) is 2.60. The van der Waals surface area contributed by atoms with Crippen LogP contribution in [0.2, 0.25) is 0 Å². The van der Waals surface area contributed by atoms with E-state index in [1.165, 1.54) is 0 Å². The lowest BCUT2D eigenvalue weighted by Crippen LogP contribution is -2.40. The maximum absolute atomic E-state index is 11.5. The van der Waals surface area contributed by atoms with Crippen LogP contribution in [-0.4, -0.2) is 38.5 Å². The molecule has 3 N–H and O–H groups in total. The summed E-state index contributed by atoms with van der Waals surface area (Å²) in [4.78, 5) is 22.4. The van der Waals surface area contributed by atoms with Crippen molar-refractivity contribution in [3.8, 4) is 0 Å². The van der Waals surface area contributed by atoms with Crippen LogP contribution in [0.1, 0.15) is 6.92 Å². The quantitative estimate of drug-likeness (QED) is 0.596. The molecule has 1 aliphatic rings.